The summed E-state index contributed by atoms with van der Waals surface area (Å²) in [6.45, 7) is 6.26. The molecule has 3 rings (SSSR count). The fourth-order valence-electron chi connectivity index (χ4n) is 4.76. The molecule has 0 radical (unpaired) electrons. The molecule has 8 nitrogen and oxygen atoms in total. The molecule has 2 aromatic carbocycles. The fourth-order valence-corrected chi connectivity index (χ4v) is 5.54. The van der Waals surface area contributed by atoms with Crippen LogP contribution >= 0.6 is 0 Å². The maximum atomic E-state index is 14.0. The number of fused-ring (bicyclic) bond motifs is 1. The van der Waals surface area contributed by atoms with Gasteiger partial charge in [0.25, 0.3) is 11.8 Å². The van der Waals surface area contributed by atoms with E-state index in [9.17, 15) is 18.6 Å². The number of nitrogens with zero attached hydrogens (tertiary/aromatic N) is 1. The molecule has 0 aliphatic carbocycles. The lowest BCUT2D eigenvalue weighted by Crippen LogP contribution is -2.37. The van der Waals surface area contributed by atoms with Gasteiger partial charge < -0.3 is 14.8 Å². The number of ether oxygens (including phenoxy) is 2. The Balaban J connectivity index is 2.13. The maximum absolute atomic E-state index is 14.0. The Hall–Kier alpha value is -3.20. The van der Waals surface area contributed by atoms with Crippen LogP contribution in [0.1, 0.15) is 90.8 Å². The van der Waals surface area contributed by atoms with Gasteiger partial charge in [0.2, 0.25) is 5.91 Å². The van der Waals surface area contributed by atoms with E-state index in [-0.39, 0.29) is 17.2 Å². The van der Waals surface area contributed by atoms with Gasteiger partial charge in [0.1, 0.15) is 0 Å². The van der Waals surface area contributed by atoms with E-state index < -0.39 is 28.7 Å². The Kier molecular flexibility index (Phi) is 10.5. The molecule has 2 unspecified atom stereocenters. The molecule has 0 aromatic heterocycles. The van der Waals surface area contributed by atoms with Crippen LogP contribution in [0.4, 0.5) is 5.69 Å². The Morgan fingerprint density at radius 2 is 1.74 bits per heavy atom. The van der Waals surface area contributed by atoms with Crippen molar-refractivity contribution in [3.63, 3.8) is 0 Å². The number of nitrogens with one attached hydrogen (secondary N) is 1. The molecule has 9 heteroatoms. The smallest absolute Gasteiger partial charge is 0.264 e. The van der Waals surface area contributed by atoms with Crippen molar-refractivity contribution < 1.29 is 28.1 Å². The summed E-state index contributed by atoms with van der Waals surface area (Å²) in [5.41, 5.74) is 2.26. The summed E-state index contributed by atoms with van der Waals surface area (Å²) in [4.78, 5) is 41.6. The van der Waals surface area contributed by atoms with Crippen molar-refractivity contribution in [2.45, 2.75) is 65.3 Å². The molecule has 0 fully saturated rings. The average Bonchev–Trinajstić information content (AvgIpc) is 3.14. The molecule has 1 heterocycles. The number of benzene rings is 2. The molecule has 0 saturated heterocycles. The average molecular weight is 543 g/mol. The van der Waals surface area contributed by atoms with Crippen molar-refractivity contribution in [2.75, 3.05) is 31.0 Å². The minimum atomic E-state index is -1.32. The van der Waals surface area contributed by atoms with E-state index in [0.717, 1.165) is 24.8 Å². The van der Waals surface area contributed by atoms with E-state index in [2.05, 4.69) is 12.2 Å². The number of hydrogen-bond donors (Lipinski definition) is 1. The van der Waals surface area contributed by atoms with Crippen molar-refractivity contribution in [3.8, 4) is 11.5 Å². The predicted molar refractivity (Wildman–Crippen MR) is 150 cm³/mol. The van der Waals surface area contributed by atoms with Crippen LogP contribution in [0, 0.1) is 0 Å². The van der Waals surface area contributed by atoms with E-state index in [1.165, 1.54) is 12.0 Å². The molecule has 0 saturated carbocycles. The van der Waals surface area contributed by atoms with Gasteiger partial charge in [-0.3, -0.25) is 23.5 Å². The molecule has 1 aliphatic rings. The molecule has 1 aliphatic heterocycles. The molecular formula is C29H38N2O6S. The van der Waals surface area contributed by atoms with Gasteiger partial charge >= 0.3 is 0 Å². The van der Waals surface area contributed by atoms with Crippen molar-refractivity contribution >= 4 is 34.2 Å². The zero-order chi connectivity index (χ0) is 27.8. The predicted octanol–water partition coefficient (Wildman–Crippen LogP) is 5.28. The highest BCUT2D eigenvalue weighted by atomic mass is 32.2. The largest absolute Gasteiger partial charge is 0.493 e. The standard InChI is InChI=1S/C29H38N2O6S/c1-6-9-10-12-19-13-15-21(30-25(32)11-7-2)27-26(19)28(33)31(29(27)34)22(18-38(5)35)20-14-16-23(36-4)24(17-20)37-8-3/h13-17,22H,6-12,18H2,1-5H3,(H,30,32). The Bertz CT molecular complexity index is 1210. The number of aryl methyl sites for hydroxylation is 1. The van der Waals surface area contributed by atoms with Crippen LogP contribution in [-0.4, -0.2) is 52.6 Å². The van der Waals surface area contributed by atoms with Crippen molar-refractivity contribution in [1.82, 2.24) is 4.90 Å². The Labute approximate surface area is 227 Å². The first-order chi connectivity index (χ1) is 18.3. The number of methoxy groups -OCH3 is 1. The van der Waals surface area contributed by atoms with Crippen molar-refractivity contribution in [2.24, 2.45) is 0 Å². The number of hydrogen-bond acceptors (Lipinski definition) is 6. The van der Waals surface area contributed by atoms with Gasteiger partial charge in [-0.1, -0.05) is 38.8 Å². The Morgan fingerprint density at radius 3 is 2.37 bits per heavy atom. The quantitative estimate of drug-likeness (QED) is 0.257. The van der Waals surface area contributed by atoms with E-state index in [1.807, 2.05) is 19.9 Å². The maximum Gasteiger partial charge on any atom is 0.264 e. The van der Waals surface area contributed by atoms with Gasteiger partial charge in [-0.25, -0.2) is 0 Å². The van der Waals surface area contributed by atoms with Crippen molar-refractivity contribution in [3.05, 3.63) is 52.6 Å². The number of amides is 3. The zero-order valence-electron chi connectivity index (χ0n) is 22.9. The molecular weight excluding hydrogens is 504 g/mol. The molecule has 0 spiro atoms. The highest BCUT2D eigenvalue weighted by Gasteiger charge is 2.44. The number of unbranched alkanes of at least 4 members (excludes halogenated alkanes) is 2. The molecule has 206 valence electrons. The molecule has 38 heavy (non-hydrogen) atoms. The summed E-state index contributed by atoms with van der Waals surface area (Å²) in [6.07, 6.45) is 6.06. The summed E-state index contributed by atoms with van der Waals surface area (Å²) >= 11 is 0. The van der Waals surface area contributed by atoms with Crippen LogP contribution in [0.5, 0.6) is 11.5 Å². The van der Waals surface area contributed by atoms with Gasteiger partial charge in [0.05, 0.1) is 36.6 Å². The molecule has 3 amide bonds. The summed E-state index contributed by atoms with van der Waals surface area (Å²) in [5.74, 6) is -0.0933. The summed E-state index contributed by atoms with van der Waals surface area (Å²) in [5, 5.41) is 2.83. The van der Waals surface area contributed by atoms with Crippen LogP contribution in [-0.2, 0) is 22.0 Å². The molecule has 2 aromatic rings. The number of carbonyl (C=O) groups excluding carboxylic acids is 3. The highest BCUT2D eigenvalue weighted by molar-refractivity contribution is 7.84. The zero-order valence-corrected chi connectivity index (χ0v) is 23.7. The minimum Gasteiger partial charge on any atom is -0.493 e. The normalized spacial score (nSPS) is 14.3. The van der Waals surface area contributed by atoms with Gasteiger partial charge in [-0.15, -0.1) is 0 Å². The highest BCUT2D eigenvalue weighted by Crippen LogP contribution is 2.40. The van der Waals surface area contributed by atoms with E-state index in [1.54, 1.807) is 30.5 Å². The van der Waals surface area contributed by atoms with Crippen LogP contribution in [0.15, 0.2) is 30.3 Å². The van der Waals surface area contributed by atoms with Crippen LogP contribution in [0.3, 0.4) is 0 Å². The van der Waals surface area contributed by atoms with Crippen molar-refractivity contribution in [1.29, 1.82) is 0 Å². The monoisotopic (exact) mass is 542 g/mol. The lowest BCUT2D eigenvalue weighted by Gasteiger charge is -2.27. The van der Waals surface area contributed by atoms with Crippen LogP contribution in [0.2, 0.25) is 0 Å². The number of anilines is 1. The van der Waals surface area contributed by atoms with Gasteiger partial charge in [0, 0.05) is 29.2 Å². The second-order valence-corrected chi connectivity index (χ2v) is 10.8. The summed E-state index contributed by atoms with van der Waals surface area (Å²) < 4.78 is 23.6. The lowest BCUT2D eigenvalue weighted by atomic mass is 9.96. The van der Waals surface area contributed by atoms with E-state index in [0.29, 0.717) is 54.2 Å². The summed E-state index contributed by atoms with van der Waals surface area (Å²) in [6, 6.07) is 7.97. The minimum absolute atomic E-state index is 0.0616. The first kappa shape index (κ1) is 29.4. The topological polar surface area (TPSA) is 102 Å². The first-order valence-electron chi connectivity index (χ1n) is 13.2. The lowest BCUT2D eigenvalue weighted by molar-refractivity contribution is -0.116. The van der Waals surface area contributed by atoms with Gasteiger partial charge in [-0.2, -0.15) is 0 Å². The van der Waals surface area contributed by atoms with Crippen LogP contribution < -0.4 is 14.8 Å². The summed E-state index contributed by atoms with van der Waals surface area (Å²) in [7, 11) is 0.215. The van der Waals surface area contributed by atoms with E-state index >= 15 is 0 Å². The molecule has 1 N–H and O–H groups in total. The molecule has 2 atom stereocenters. The first-order valence-corrected chi connectivity index (χ1v) is 14.9. The number of carbonyl (C=O) groups is 3. The molecule has 0 bridgehead atoms. The fraction of sp³-hybridized carbons (Fsp3) is 0.483. The third-order valence-corrected chi connectivity index (χ3v) is 7.32. The second-order valence-electron chi connectivity index (χ2n) is 9.36. The van der Waals surface area contributed by atoms with Crippen LogP contribution in [0.25, 0.3) is 0 Å². The van der Waals surface area contributed by atoms with Gasteiger partial charge in [-0.05, 0) is 55.5 Å². The third kappa shape index (κ3) is 6.43. The number of imide groups is 1. The third-order valence-electron chi connectivity index (χ3n) is 6.53. The van der Waals surface area contributed by atoms with E-state index in [4.69, 9.17) is 9.47 Å². The Morgan fingerprint density at radius 1 is 1.00 bits per heavy atom. The SMILES string of the molecule is CCCCCc1ccc(NC(=O)CCC)c2c1C(=O)N(C(CS(C)=O)c1ccc(OC)c(OCC)c1)C2=O. The van der Waals surface area contributed by atoms with Gasteiger partial charge in [0.15, 0.2) is 11.5 Å². The number of rotatable bonds is 14. The second kappa shape index (κ2) is 13.6.